The molecule has 0 saturated heterocycles. The second-order valence-electron chi connectivity index (χ2n) is 4.11. The lowest BCUT2D eigenvalue weighted by Gasteiger charge is -2.06. The van der Waals surface area contributed by atoms with Crippen molar-refractivity contribution in [2.75, 3.05) is 0 Å². The lowest BCUT2D eigenvalue weighted by atomic mass is 10.0. The van der Waals surface area contributed by atoms with Gasteiger partial charge in [-0.2, -0.15) is 0 Å². The normalized spacial score (nSPS) is 14.9. The molecule has 2 nitrogen and oxygen atoms in total. The Morgan fingerprint density at radius 3 is 2.22 bits per heavy atom. The summed E-state index contributed by atoms with van der Waals surface area (Å²) < 4.78 is 12.8. The first kappa shape index (κ1) is 16.4. The summed E-state index contributed by atoms with van der Waals surface area (Å²) in [4.78, 5) is 11.4. The zero-order chi connectivity index (χ0) is 14.1. The summed E-state index contributed by atoms with van der Waals surface area (Å²) in [5.41, 5.74) is 7.55. The molecule has 0 atom stereocenters. The molecule has 0 aliphatic rings. The van der Waals surface area contributed by atoms with Gasteiger partial charge in [0, 0.05) is 5.57 Å². The van der Waals surface area contributed by atoms with E-state index in [-0.39, 0.29) is 5.83 Å². The Hall–Kier alpha value is -1.64. The Morgan fingerprint density at radius 1 is 1.22 bits per heavy atom. The zero-order valence-corrected chi connectivity index (χ0v) is 11.6. The summed E-state index contributed by atoms with van der Waals surface area (Å²) in [5, 5.41) is 0. The third kappa shape index (κ3) is 6.18. The van der Waals surface area contributed by atoms with Gasteiger partial charge in [-0.05, 0) is 38.3 Å². The van der Waals surface area contributed by atoms with Crippen LogP contribution >= 0.6 is 0 Å². The highest BCUT2D eigenvalue weighted by Gasteiger charge is 2.08. The molecule has 0 heterocycles. The van der Waals surface area contributed by atoms with Crippen molar-refractivity contribution < 1.29 is 9.18 Å². The molecule has 0 aromatic carbocycles. The predicted octanol–water partition coefficient (Wildman–Crippen LogP) is 3.96. The van der Waals surface area contributed by atoms with Crippen LogP contribution in [0.25, 0.3) is 0 Å². The average Bonchev–Trinajstić information content (AvgIpc) is 2.30. The highest BCUT2D eigenvalue weighted by Crippen LogP contribution is 2.16. The first-order chi connectivity index (χ1) is 8.42. The van der Waals surface area contributed by atoms with Crippen molar-refractivity contribution in [2.24, 2.45) is 5.73 Å². The molecule has 0 radical (unpaired) electrons. The molecule has 0 aromatic rings. The number of halogens is 1. The number of primary amides is 1. The molecule has 0 aliphatic heterocycles. The van der Waals surface area contributed by atoms with Gasteiger partial charge >= 0.3 is 0 Å². The minimum Gasteiger partial charge on any atom is -0.366 e. The van der Waals surface area contributed by atoms with E-state index in [1.807, 2.05) is 26.8 Å². The Bertz CT molecular complexity index is 410. The maximum atomic E-state index is 12.8. The Morgan fingerprint density at radius 2 is 1.83 bits per heavy atom. The van der Waals surface area contributed by atoms with E-state index in [0.29, 0.717) is 17.6 Å². The lowest BCUT2D eigenvalue weighted by molar-refractivity contribution is -0.114. The van der Waals surface area contributed by atoms with Crippen molar-refractivity contribution in [3.63, 3.8) is 0 Å². The number of carbonyl (C=O) groups excluding carboxylic acids is 1. The molecule has 0 rings (SSSR count). The number of amides is 1. The van der Waals surface area contributed by atoms with Gasteiger partial charge in [-0.25, -0.2) is 4.39 Å². The van der Waals surface area contributed by atoms with E-state index in [1.54, 1.807) is 12.2 Å². The monoisotopic (exact) mass is 251 g/mol. The number of carbonyl (C=O) groups is 1. The molecule has 0 saturated carbocycles. The van der Waals surface area contributed by atoms with Crippen molar-refractivity contribution in [1.82, 2.24) is 0 Å². The molecule has 0 bridgehead atoms. The maximum Gasteiger partial charge on any atom is 0.248 e. The number of hydrogen-bond donors (Lipinski definition) is 1. The van der Waals surface area contributed by atoms with Gasteiger partial charge in [0.15, 0.2) is 0 Å². The quantitative estimate of drug-likeness (QED) is 0.563. The van der Waals surface area contributed by atoms with Crippen LogP contribution < -0.4 is 5.73 Å². The molecule has 2 N–H and O–H groups in total. The fraction of sp³-hybridized carbons (Fsp3) is 0.400. The minimum atomic E-state index is -0.492. The van der Waals surface area contributed by atoms with Gasteiger partial charge in [0.25, 0.3) is 0 Å². The van der Waals surface area contributed by atoms with E-state index in [1.165, 1.54) is 13.0 Å². The standard InChI is InChI=1S/C15H22FNO/c1-5-7-14(15(17)18)13(9-8-12(4)16)10-11(3)6-2/h7-10H,5-6H2,1-4H3,(H2,17,18)/b11-10+,12-8+,13-9+,14-7+. The molecule has 0 aromatic heterocycles. The van der Waals surface area contributed by atoms with Crippen molar-refractivity contribution in [2.45, 2.75) is 40.5 Å². The summed E-state index contributed by atoms with van der Waals surface area (Å²) in [7, 11) is 0. The SMILES string of the molecule is CC/C=C(/C(N)=O)C(=C/C=C(\C)F)/C=C(\C)CC. The maximum absolute atomic E-state index is 12.8. The molecule has 100 valence electrons. The first-order valence-corrected chi connectivity index (χ1v) is 6.13. The second-order valence-corrected chi connectivity index (χ2v) is 4.11. The van der Waals surface area contributed by atoms with E-state index in [9.17, 15) is 9.18 Å². The Balaban J connectivity index is 5.59. The zero-order valence-electron chi connectivity index (χ0n) is 11.6. The highest BCUT2D eigenvalue weighted by molar-refractivity contribution is 5.97. The van der Waals surface area contributed by atoms with Crippen molar-refractivity contribution in [1.29, 1.82) is 0 Å². The third-order valence-corrected chi connectivity index (χ3v) is 2.44. The van der Waals surface area contributed by atoms with Crippen LogP contribution in [0.5, 0.6) is 0 Å². The van der Waals surface area contributed by atoms with Crippen LogP contribution in [0, 0.1) is 0 Å². The summed E-state index contributed by atoms with van der Waals surface area (Å²) in [6, 6.07) is 0. The van der Waals surface area contributed by atoms with E-state index in [4.69, 9.17) is 5.73 Å². The van der Waals surface area contributed by atoms with E-state index in [0.717, 1.165) is 12.0 Å². The van der Waals surface area contributed by atoms with E-state index in [2.05, 4.69) is 0 Å². The number of nitrogens with two attached hydrogens (primary N) is 1. The average molecular weight is 251 g/mol. The second kappa shape index (κ2) is 8.45. The first-order valence-electron chi connectivity index (χ1n) is 6.13. The topological polar surface area (TPSA) is 43.1 Å². The van der Waals surface area contributed by atoms with Gasteiger partial charge in [-0.3, -0.25) is 4.79 Å². The van der Waals surface area contributed by atoms with E-state index >= 15 is 0 Å². The van der Waals surface area contributed by atoms with Crippen LogP contribution in [-0.4, -0.2) is 5.91 Å². The molecule has 0 aliphatic carbocycles. The largest absolute Gasteiger partial charge is 0.366 e. The third-order valence-electron chi connectivity index (χ3n) is 2.44. The summed E-state index contributed by atoms with van der Waals surface area (Å²) in [6.07, 6.45) is 8.11. The Kier molecular flexibility index (Phi) is 7.68. The van der Waals surface area contributed by atoms with Crippen molar-refractivity contribution in [3.8, 4) is 0 Å². The van der Waals surface area contributed by atoms with Gasteiger partial charge < -0.3 is 5.73 Å². The molecule has 1 amide bonds. The molecular formula is C15H22FNO. The van der Waals surface area contributed by atoms with Crippen LogP contribution in [0.2, 0.25) is 0 Å². The van der Waals surface area contributed by atoms with Gasteiger partial charge in [0.2, 0.25) is 5.91 Å². The molecule has 0 fully saturated rings. The number of rotatable bonds is 6. The molecule has 0 spiro atoms. The minimum absolute atomic E-state index is 0.310. The molecule has 18 heavy (non-hydrogen) atoms. The fourth-order valence-electron chi connectivity index (χ4n) is 1.35. The summed E-state index contributed by atoms with van der Waals surface area (Å²) in [6.45, 7) is 7.27. The van der Waals surface area contributed by atoms with Crippen molar-refractivity contribution in [3.05, 3.63) is 46.9 Å². The predicted molar refractivity (Wildman–Crippen MR) is 74.6 cm³/mol. The fourth-order valence-corrected chi connectivity index (χ4v) is 1.35. The Labute approximate surface area is 109 Å². The van der Waals surface area contributed by atoms with Gasteiger partial charge in [-0.15, -0.1) is 0 Å². The summed E-state index contributed by atoms with van der Waals surface area (Å²) in [5.74, 6) is -0.802. The molecule has 0 unspecified atom stereocenters. The van der Waals surface area contributed by atoms with E-state index < -0.39 is 5.91 Å². The summed E-state index contributed by atoms with van der Waals surface area (Å²) >= 11 is 0. The van der Waals surface area contributed by atoms with Crippen molar-refractivity contribution >= 4 is 5.91 Å². The molecular weight excluding hydrogens is 229 g/mol. The van der Waals surface area contributed by atoms with Crippen LogP contribution in [0.15, 0.2) is 46.9 Å². The van der Waals surface area contributed by atoms with Crippen LogP contribution in [0.3, 0.4) is 0 Å². The molecule has 3 heteroatoms. The number of hydrogen-bond acceptors (Lipinski definition) is 1. The van der Waals surface area contributed by atoms with Crippen LogP contribution in [0.1, 0.15) is 40.5 Å². The lowest BCUT2D eigenvalue weighted by Crippen LogP contribution is -2.15. The highest BCUT2D eigenvalue weighted by atomic mass is 19.1. The van der Waals surface area contributed by atoms with Gasteiger partial charge in [0.05, 0.1) is 5.83 Å². The number of allylic oxidation sites excluding steroid dienone is 6. The smallest absolute Gasteiger partial charge is 0.248 e. The van der Waals surface area contributed by atoms with Gasteiger partial charge in [0.1, 0.15) is 0 Å². The van der Waals surface area contributed by atoms with Crippen LogP contribution in [0.4, 0.5) is 4.39 Å². The van der Waals surface area contributed by atoms with Crippen LogP contribution in [-0.2, 0) is 4.79 Å². The van der Waals surface area contributed by atoms with Gasteiger partial charge in [-0.1, -0.05) is 37.6 Å².